The van der Waals surface area contributed by atoms with E-state index in [1.807, 2.05) is 31.2 Å². The lowest BCUT2D eigenvalue weighted by molar-refractivity contribution is -0.151. The molecule has 0 bridgehead atoms. The molecule has 1 heterocycles. The number of nitrogens with zero attached hydrogens (tertiary/aromatic N) is 1. The number of amides is 1. The summed E-state index contributed by atoms with van der Waals surface area (Å²) in [5.41, 5.74) is 0. The lowest BCUT2D eigenvalue weighted by Gasteiger charge is -2.40. The average Bonchev–Trinajstić information content (AvgIpc) is 2.42. The first-order chi connectivity index (χ1) is 9.63. The van der Waals surface area contributed by atoms with Crippen molar-refractivity contribution >= 4 is 5.91 Å². The minimum absolute atomic E-state index is 0.0253. The molecule has 1 aromatic carbocycles. The van der Waals surface area contributed by atoms with Crippen LogP contribution in [0.1, 0.15) is 13.8 Å². The molecule has 1 fully saturated rings. The molecule has 0 spiro atoms. The fourth-order valence-corrected chi connectivity index (χ4v) is 2.14. The molecular formula is C15H21NO4. The highest BCUT2D eigenvalue weighted by molar-refractivity contribution is 5.81. The number of benzene rings is 1. The molecule has 0 saturated carbocycles. The number of carbonyl (C=O) groups excluding carboxylic acids is 1. The van der Waals surface area contributed by atoms with Gasteiger partial charge in [0, 0.05) is 12.7 Å². The highest BCUT2D eigenvalue weighted by atomic mass is 16.5. The van der Waals surface area contributed by atoms with Gasteiger partial charge in [0.05, 0.1) is 20.2 Å². The van der Waals surface area contributed by atoms with Gasteiger partial charge in [-0.05, 0) is 26.0 Å². The van der Waals surface area contributed by atoms with Crippen molar-refractivity contribution in [2.75, 3.05) is 26.8 Å². The first-order valence-electron chi connectivity index (χ1n) is 6.85. The zero-order valence-corrected chi connectivity index (χ0v) is 12.2. The van der Waals surface area contributed by atoms with E-state index in [1.54, 1.807) is 18.9 Å². The van der Waals surface area contributed by atoms with E-state index in [-0.39, 0.29) is 18.1 Å². The van der Waals surface area contributed by atoms with Crippen molar-refractivity contribution < 1.29 is 19.0 Å². The van der Waals surface area contributed by atoms with Crippen molar-refractivity contribution in [1.82, 2.24) is 4.90 Å². The molecule has 0 radical (unpaired) electrons. The second-order valence-electron chi connectivity index (χ2n) is 4.76. The fraction of sp³-hybridized carbons (Fsp3) is 0.533. The smallest absolute Gasteiger partial charge is 0.251 e. The third-order valence-electron chi connectivity index (χ3n) is 3.27. The van der Waals surface area contributed by atoms with E-state index >= 15 is 0 Å². The topological polar surface area (TPSA) is 48.0 Å². The summed E-state index contributed by atoms with van der Waals surface area (Å²) < 4.78 is 16.2. The summed E-state index contributed by atoms with van der Waals surface area (Å²) in [7, 11) is 1.62. The van der Waals surface area contributed by atoms with E-state index in [4.69, 9.17) is 14.2 Å². The van der Waals surface area contributed by atoms with Crippen LogP contribution >= 0.6 is 0 Å². The minimum atomic E-state index is -0.377. The Kier molecular flexibility index (Phi) is 4.84. The highest BCUT2D eigenvalue weighted by Crippen LogP contribution is 2.23. The van der Waals surface area contributed by atoms with Gasteiger partial charge in [0.15, 0.2) is 0 Å². The Morgan fingerprint density at radius 1 is 1.40 bits per heavy atom. The van der Waals surface area contributed by atoms with Crippen molar-refractivity contribution in [3.8, 4) is 11.5 Å². The summed E-state index contributed by atoms with van der Waals surface area (Å²) in [5.74, 6) is 1.55. The Labute approximate surface area is 119 Å². The lowest BCUT2D eigenvalue weighted by atomic mass is 10.1. The zero-order valence-electron chi connectivity index (χ0n) is 12.2. The molecule has 1 aromatic rings. The second kappa shape index (κ2) is 6.61. The minimum Gasteiger partial charge on any atom is -0.497 e. The van der Waals surface area contributed by atoms with Crippen LogP contribution in [0.15, 0.2) is 24.3 Å². The molecule has 1 aliphatic rings. The highest BCUT2D eigenvalue weighted by Gasteiger charge is 2.34. The molecule has 1 unspecified atom stereocenters. The first kappa shape index (κ1) is 14.7. The predicted molar refractivity (Wildman–Crippen MR) is 75.1 cm³/mol. The van der Waals surface area contributed by atoms with E-state index in [0.29, 0.717) is 19.7 Å². The van der Waals surface area contributed by atoms with Gasteiger partial charge in [-0.2, -0.15) is 0 Å². The maximum atomic E-state index is 11.9. The molecule has 1 aliphatic heterocycles. The average molecular weight is 279 g/mol. The monoisotopic (exact) mass is 279 g/mol. The number of likely N-dealkylation sites (tertiary alicyclic amines) is 1. The van der Waals surface area contributed by atoms with E-state index in [1.165, 1.54) is 0 Å². The van der Waals surface area contributed by atoms with E-state index in [9.17, 15) is 4.79 Å². The summed E-state index contributed by atoms with van der Waals surface area (Å²) in [6, 6.07) is 7.48. The number of ether oxygens (including phenoxy) is 3. The van der Waals surface area contributed by atoms with Crippen molar-refractivity contribution in [3.05, 3.63) is 24.3 Å². The number of rotatable bonds is 6. The Hall–Kier alpha value is -1.75. The largest absolute Gasteiger partial charge is 0.497 e. The Bertz CT molecular complexity index is 457. The SMILES string of the molecule is CCOC(C)C(=O)N1CC(Oc2cccc(OC)c2)C1. The molecule has 2 rings (SSSR count). The van der Waals surface area contributed by atoms with Crippen molar-refractivity contribution in [1.29, 1.82) is 0 Å². The summed E-state index contributed by atoms with van der Waals surface area (Å²) >= 11 is 0. The van der Waals surface area contributed by atoms with Crippen LogP contribution in [0, 0.1) is 0 Å². The molecule has 1 atom stereocenters. The molecule has 1 amide bonds. The number of hydrogen-bond acceptors (Lipinski definition) is 4. The molecule has 110 valence electrons. The van der Waals surface area contributed by atoms with Gasteiger partial charge in [0.25, 0.3) is 5.91 Å². The Morgan fingerprint density at radius 2 is 2.10 bits per heavy atom. The van der Waals surface area contributed by atoms with Crippen molar-refractivity contribution in [2.24, 2.45) is 0 Å². The van der Waals surface area contributed by atoms with Crippen LogP contribution in [0.2, 0.25) is 0 Å². The standard InChI is InChI=1S/C15H21NO4/c1-4-19-11(2)15(17)16-9-14(10-16)20-13-7-5-6-12(8-13)18-3/h5-8,11,14H,4,9-10H2,1-3H3. The number of carbonyl (C=O) groups is 1. The van der Waals surface area contributed by atoms with Crippen LogP contribution in [0.4, 0.5) is 0 Å². The van der Waals surface area contributed by atoms with E-state index in [0.717, 1.165) is 11.5 Å². The first-order valence-corrected chi connectivity index (χ1v) is 6.85. The van der Waals surface area contributed by atoms with Crippen LogP contribution in [-0.4, -0.2) is 49.8 Å². The van der Waals surface area contributed by atoms with Gasteiger partial charge in [0.1, 0.15) is 23.7 Å². The van der Waals surface area contributed by atoms with Gasteiger partial charge in [-0.3, -0.25) is 4.79 Å². The van der Waals surface area contributed by atoms with Crippen molar-refractivity contribution in [2.45, 2.75) is 26.1 Å². The normalized spacial score (nSPS) is 16.4. The fourth-order valence-electron chi connectivity index (χ4n) is 2.14. The van der Waals surface area contributed by atoms with Gasteiger partial charge in [-0.15, -0.1) is 0 Å². The molecule has 0 aliphatic carbocycles. The molecule has 5 heteroatoms. The summed E-state index contributed by atoms with van der Waals surface area (Å²) in [6.07, 6.45) is -0.336. The van der Waals surface area contributed by atoms with Crippen LogP contribution < -0.4 is 9.47 Å². The maximum absolute atomic E-state index is 11.9. The molecule has 0 N–H and O–H groups in total. The van der Waals surface area contributed by atoms with E-state index < -0.39 is 0 Å². The molecule has 1 saturated heterocycles. The van der Waals surface area contributed by atoms with Gasteiger partial charge >= 0.3 is 0 Å². The number of methoxy groups -OCH3 is 1. The third kappa shape index (κ3) is 3.42. The molecule has 5 nitrogen and oxygen atoms in total. The van der Waals surface area contributed by atoms with Crippen LogP contribution in [0.5, 0.6) is 11.5 Å². The second-order valence-corrected chi connectivity index (χ2v) is 4.76. The maximum Gasteiger partial charge on any atom is 0.251 e. The van der Waals surface area contributed by atoms with Crippen LogP contribution in [0.25, 0.3) is 0 Å². The quantitative estimate of drug-likeness (QED) is 0.795. The molecule has 20 heavy (non-hydrogen) atoms. The van der Waals surface area contributed by atoms with E-state index in [2.05, 4.69) is 0 Å². The number of hydrogen-bond donors (Lipinski definition) is 0. The summed E-state index contributed by atoms with van der Waals surface area (Å²) in [4.78, 5) is 13.7. The van der Waals surface area contributed by atoms with Crippen LogP contribution in [0.3, 0.4) is 0 Å². The molecule has 0 aromatic heterocycles. The van der Waals surface area contributed by atoms with Crippen molar-refractivity contribution in [3.63, 3.8) is 0 Å². The molecular weight excluding hydrogens is 258 g/mol. The summed E-state index contributed by atoms with van der Waals surface area (Å²) in [5, 5.41) is 0. The third-order valence-corrected chi connectivity index (χ3v) is 3.27. The summed E-state index contributed by atoms with van der Waals surface area (Å²) in [6.45, 7) is 5.42. The predicted octanol–water partition coefficient (Wildman–Crippen LogP) is 1.71. The van der Waals surface area contributed by atoms with Crippen LogP contribution in [-0.2, 0) is 9.53 Å². The van der Waals surface area contributed by atoms with Gasteiger partial charge < -0.3 is 19.1 Å². The van der Waals surface area contributed by atoms with Gasteiger partial charge in [-0.25, -0.2) is 0 Å². The zero-order chi connectivity index (χ0) is 14.5. The van der Waals surface area contributed by atoms with Gasteiger partial charge in [0.2, 0.25) is 0 Å². The lowest BCUT2D eigenvalue weighted by Crippen LogP contribution is -2.58. The van der Waals surface area contributed by atoms with Gasteiger partial charge in [-0.1, -0.05) is 6.07 Å². The Balaban J connectivity index is 1.80. The Morgan fingerprint density at radius 3 is 2.75 bits per heavy atom.